The summed E-state index contributed by atoms with van der Waals surface area (Å²) >= 11 is 0. The molecular weight excluding hydrogens is 754 g/mol. The fourth-order valence-corrected chi connectivity index (χ4v) is 4.33. The van der Waals surface area contributed by atoms with Crippen LogP contribution in [0.15, 0.2) is 48.5 Å². The first kappa shape index (κ1) is 49.1. The van der Waals surface area contributed by atoms with E-state index in [2.05, 4.69) is 5.32 Å². The maximum atomic E-state index is 13.1. The average molecular weight is 812 g/mol. The van der Waals surface area contributed by atoms with E-state index >= 15 is 0 Å². The van der Waals surface area contributed by atoms with Gasteiger partial charge in [-0.05, 0) is 30.3 Å². The summed E-state index contributed by atoms with van der Waals surface area (Å²) in [4.78, 5) is 12.6. The molecule has 56 heavy (non-hydrogen) atoms. The standard InChI is InChI=1S/C38H57F4NO13/c39-8-9-45-10-11-46-12-13-47-14-15-48-16-17-49-18-19-50-20-21-51-22-23-52-24-25-53-26-27-54-28-29-55-30-31-56-37(44)35-6-1-2-7-36(35)43-34-5-3-4-33(32-34)38(40,41)42/h1-7,32,43H,8-31H2. The largest absolute Gasteiger partial charge is 0.460 e. The van der Waals surface area contributed by atoms with Gasteiger partial charge in [0, 0.05) is 5.69 Å². The van der Waals surface area contributed by atoms with Crippen LogP contribution >= 0.6 is 0 Å². The van der Waals surface area contributed by atoms with Gasteiger partial charge in [-0.1, -0.05) is 18.2 Å². The lowest BCUT2D eigenvalue weighted by Crippen LogP contribution is -2.16. The van der Waals surface area contributed by atoms with E-state index in [4.69, 9.17) is 56.8 Å². The second kappa shape index (κ2) is 34.1. The van der Waals surface area contributed by atoms with Crippen molar-refractivity contribution in [1.29, 1.82) is 0 Å². The van der Waals surface area contributed by atoms with Gasteiger partial charge in [0.25, 0.3) is 0 Å². The van der Waals surface area contributed by atoms with Gasteiger partial charge in [0.1, 0.15) is 13.3 Å². The quantitative estimate of drug-likeness (QED) is 0.0567. The Hall–Kier alpha value is -3.01. The van der Waals surface area contributed by atoms with E-state index < -0.39 is 24.4 Å². The van der Waals surface area contributed by atoms with Crippen LogP contribution in [0.4, 0.5) is 28.9 Å². The Kier molecular flexibility index (Phi) is 29.9. The van der Waals surface area contributed by atoms with Crippen LogP contribution in [0, 0.1) is 0 Å². The summed E-state index contributed by atoms with van der Waals surface area (Å²) in [6, 6.07) is 11.1. The first-order chi connectivity index (χ1) is 27.4. The summed E-state index contributed by atoms with van der Waals surface area (Å²) in [6.07, 6.45) is -4.48. The SMILES string of the molecule is O=C(OCCOCCOCCOCCOCCOCCOCCOCCOCCOCCOCCOCCF)c1ccccc1Nc1cccc(C(F)(F)F)c1. The Morgan fingerprint density at radius 1 is 0.464 bits per heavy atom. The van der Waals surface area contributed by atoms with E-state index in [0.29, 0.717) is 138 Å². The molecular formula is C38H57F4NO13. The molecule has 0 saturated heterocycles. The van der Waals surface area contributed by atoms with Crippen molar-refractivity contribution >= 4 is 17.3 Å². The number of carbonyl (C=O) groups is 1. The van der Waals surface area contributed by atoms with Gasteiger partial charge in [-0.2, -0.15) is 13.2 Å². The number of alkyl halides is 4. The molecule has 0 bridgehead atoms. The maximum absolute atomic E-state index is 13.1. The van der Waals surface area contributed by atoms with Crippen LogP contribution in [-0.4, -0.2) is 165 Å². The van der Waals surface area contributed by atoms with E-state index in [0.717, 1.165) is 12.1 Å². The number of halogens is 4. The predicted molar refractivity (Wildman–Crippen MR) is 196 cm³/mol. The fraction of sp³-hybridized carbons (Fsp3) is 0.658. The van der Waals surface area contributed by atoms with Gasteiger partial charge in [0.2, 0.25) is 0 Å². The second-order valence-electron chi connectivity index (χ2n) is 11.3. The van der Waals surface area contributed by atoms with Crippen LogP contribution in [0.3, 0.4) is 0 Å². The van der Waals surface area contributed by atoms with Gasteiger partial charge in [-0.15, -0.1) is 0 Å². The molecule has 2 rings (SSSR count). The van der Waals surface area contributed by atoms with Gasteiger partial charge in [0.15, 0.2) is 0 Å². The highest BCUT2D eigenvalue weighted by molar-refractivity contribution is 5.96. The van der Waals surface area contributed by atoms with Gasteiger partial charge < -0.3 is 62.2 Å². The van der Waals surface area contributed by atoms with Crippen molar-refractivity contribution in [2.24, 2.45) is 0 Å². The van der Waals surface area contributed by atoms with E-state index in [1.54, 1.807) is 18.2 Å². The molecule has 0 spiro atoms. The molecule has 0 saturated carbocycles. The Bertz CT molecular complexity index is 1230. The molecule has 18 heteroatoms. The molecule has 0 fully saturated rings. The summed E-state index contributed by atoms with van der Waals surface area (Å²) in [5.41, 5.74) is -0.107. The smallest absolute Gasteiger partial charge is 0.416 e. The molecule has 0 radical (unpaired) electrons. The minimum Gasteiger partial charge on any atom is -0.460 e. The van der Waals surface area contributed by atoms with Crippen LogP contribution in [-0.2, 0) is 63.0 Å². The molecule has 1 N–H and O–H groups in total. The normalized spacial score (nSPS) is 11.6. The van der Waals surface area contributed by atoms with E-state index in [9.17, 15) is 22.4 Å². The molecule has 0 unspecified atom stereocenters. The van der Waals surface area contributed by atoms with Crippen molar-refractivity contribution in [2.75, 3.05) is 164 Å². The molecule has 0 aliphatic rings. The van der Waals surface area contributed by atoms with Gasteiger partial charge in [-0.3, -0.25) is 0 Å². The zero-order chi connectivity index (χ0) is 40.2. The Morgan fingerprint density at radius 3 is 1.20 bits per heavy atom. The summed E-state index contributed by atoms with van der Waals surface area (Å²) in [7, 11) is 0. The molecule has 0 amide bonds. The number of ether oxygens (including phenoxy) is 12. The number of nitrogens with one attached hydrogen (secondary N) is 1. The topological polar surface area (TPSA) is 140 Å². The number of esters is 1. The number of rotatable bonds is 38. The highest BCUT2D eigenvalue weighted by atomic mass is 19.4. The predicted octanol–water partition coefficient (Wildman–Crippen LogP) is 4.76. The number of anilines is 2. The van der Waals surface area contributed by atoms with Gasteiger partial charge >= 0.3 is 12.1 Å². The Balaban J connectivity index is 1.27. The third-order valence-electron chi connectivity index (χ3n) is 7.02. The fourth-order valence-electron chi connectivity index (χ4n) is 4.33. The second-order valence-corrected chi connectivity index (χ2v) is 11.3. The number of hydrogen-bond acceptors (Lipinski definition) is 14. The minimum absolute atomic E-state index is 0.00727. The minimum atomic E-state index is -4.48. The third kappa shape index (κ3) is 26.8. The van der Waals surface area contributed by atoms with Crippen LogP contribution < -0.4 is 5.32 Å². The third-order valence-corrected chi connectivity index (χ3v) is 7.02. The highest BCUT2D eigenvalue weighted by Crippen LogP contribution is 2.32. The summed E-state index contributed by atoms with van der Waals surface area (Å²) in [6.45, 7) is 8.28. The molecule has 0 heterocycles. The number of carbonyl (C=O) groups excluding carboxylic acids is 1. The lowest BCUT2D eigenvalue weighted by molar-refractivity contribution is -0.137. The number of para-hydroxylation sites is 1. The van der Waals surface area contributed by atoms with Crippen molar-refractivity contribution in [3.63, 3.8) is 0 Å². The molecule has 14 nitrogen and oxygen atoms in total. The first-order valence-corrected chi connectivity index (χ1v) is 18.5. The lowest BCUT2D eigenvalue weighted by atomic mass is 10.1. The summed E-state index contributed by atoms with van der Waals surface area (Å²) in [5.74, 6) is -0.633. The van der Waals surface area contributed by atoms with Crippen molar-refractivity contribution in [3.05, 3.63) is 59.7 Å². The summed E-state index contributed by atoms with van der Waals surface area (Å²) < 4.78 is 115. The van der Waals surface area contributed by atoms with Crippen molar-refractivity contribution < 1.29 is 79.2 Å². The van der Waals surface area contributed by atoms with Crippen molar-refractivity contribution in [3.8, 4) is 0 Å². The van der Waals surface area contributed by atoms with E-state index in [-0.39, 0.29) is 31.1 Å². The average Bonchev–Trinajstić information content (AvgIpc) is 3.19. The zero-order valence-electron chi connectivity index (χ0n) is 31.9. The molecule has 0 aliphatic carbocycles. The van der Waals surface area contributed by atoms with Crippen molar-refractivity contribution in [2.45, 2.75) is 6.18 Å². The van der Waals surface area contributed by atoms with Gasteiger partial charge in [-0.25, -0.2) is 9.18 Å². The van der Waals surface area contributed by atoms with E-state index in [1.807, 2.05) is 0 Å². The number of benzene rings is 2. The van der Waals surface area contributed by atoms with Gasteiger partial charge in [0.05, 0.1) is 162 Å². The molecule has 2 aromatic carbocycles. The number of hydrogen-bond donors (Lipinski definition) is 1. The monoisotopic (exact) mass is 811 g/mol. The lowest BCUT2D eigenvalue weighted by Gasteiger charge is -2.13. The van der Waals surface area contributed by atoms with Crippen LogP contribution in [0.1, 0.15) is 15.9 Å². The Morgan fingerprint density at radius 2 is 0.821 bits per heavy atom. The molecule has 0 aliphatic heterocycles. The van der Waals surface area contributed by atoms with Crippen molar-refractivity contribution in [1.82, 2.24) is 0 Å². The molecule has 2 aromatic rings. The molecule has 320 valence electrons. The first-order valence-electron chi connectivity index (χ1n) is 18.5. The van der Waals surface area contributed by atoms with Crippen LogP contribution in [0.5, 0.6) is 0 Å². The Labute approximate surface area is 326 Å². The molecule has 0 aromatic heterocycles. The zero-order valence-corrected chi connectivity index (χ0v) is 31.9. The van der Waals surface area contributed by atoms with Crippen LogP contribution in [0.25, 0.3) is 0 Å². The summed E-state index contributed by atoms with van der Waals surface area (Å²) in [5, 5.41) is 2.85. The van der Waals surface area contributed by atoms with E-state index in [1.165, 1.54) is 18.2 Å². The maximum Gasteiger partial charge on any atom is 0.416 e. The molecule has 0 atom stereocenters. The van der Waals surface area contributed by atoms with Crippen LogP contribution in [0.2, 0.25) is 0 Å². The highest BCUT2D eigenvalue weighted by Gasteiger charge is 2.30.